The molecule has 0 aliphatic carbocycles. The van der Waals surface area contributed by atoms with Gasteiger partial charge in [0.25, 0.3) is 0 Å². The molecule has 1 aromatic rings. The van der Waals surface area contributed by atoms with E-state index in [9.17, 15) is 9.59 Å². The van der Waals surface area contributed by atoms with Crippen molar-refractivity contribution in [3.63, 3.8) is 0 Å². The Morgan fingerprint density at radius 2 is 1.55 bits per heavy atom. The van der Waals surface area contributed by atoms with Gasteiger partial charge in [-0.1, -0.05) is 0 Å². The van der Waals surface area contributed by atoms with Gasteiger partial charge < -0.3 is 19.8 Å². The molecule has 0 unspecified atom stereocenters. The van der Waals surface area contributed by atoms with E-state index < -0.39 is 5.97 Å². The van der Waals surface area contributed by atoms with Crippen LogP contribution in [0.1, 0.15) is 23.3 Å². The Bertz CT molecular complexity index is 548. The van der Waals surface area contributed by atoms with Crippen molar-refractivity contribution in [2.24, 2.45) is 0 Å². The molecule has 0 bridgehead atoms. The maximum atomic E-state index is 12.3. The molecule has 8 heteroatoms. The fraction of sp³-hybridized carbons (Fsp3) is 0.571. The number of aromatic nitrogens is 2. The Kier molecular flexibility index (Phi) is 4.08. The van der Waals surface area contributed by atoms with Gasteiger partial charge in [-0.3, -0.25) is 0 Å². The molecule has 22 heavy (non-hydrogen) atoms. The molecule has 1 aromatic heterocycles. The molecular weight excluding hydrogens is 286 g/mol. The van der Waals surface area contributed by atoms with E-state index in [0.717, 1.165) is 25.9 Å². The van der Waals surface area contributed by atoms with Crippen LogP contribution < -0.4 is 4.90 Å². The largest absolute Gasteiger partial charge is 0.476 e. The van der Waals surface area contributed by atoms with Gasteiger partial charge in [0.1, 0.15) is 0 Å². The van der Waals surface area contributed by atoms with E-state index in [4.69, 9.17) is 5.11 Å². The van der Waals surface area contributed by atoms with E-state index >= 15 is 0 Å². The summed E-state index contributed by atoms with van der Waals surface area (Å²) in [6.45, 7) is 4.39. The van der Waals surface area contributed by atoms with Gasteiger partial charge in [0.05, 0.1) is 0 Å². The molecule has 2 saturated heterocycles. The first-order valence-electron chi connectivity index (χ1n) is 7.51. The smallest absolute Gasteiger partial charge is 0.356 e. The van der Waals surface area contributed by atoms with Crippen LogP contribution >= 0.6 is 0 Å². The molecule has 118 valence electrons. The van der Waals surface area contributed by atoms with Crippen molar-refractivity contribution >= 4 is 17.8 Å². The number of amides is 2. The fourth-order valence-electron chi connectivity index (χ4n) is 2.84. The first-order chi connectivity index (χ1) is 10.6. The number of carbonyl (C=O) groups excluding carboxylic acids is 1. The molecular formula is C14H19N5O3. The second kappa shape index (κ2) is 6.17. The Morgan fingerprint density at radius 3 is 2.09 bits per heavy atom. The minimum atomic E-state index is -1.08. The molecule has 2 aliphatic rings. The second-order valence-electron chi connectivity index (χ2n) is 5.53. The van der Waals surface area contributed by atoms with Gasteiger partial charge in [-0.05, 0) is 25.0 Å². The van der Waals surface area contributed by atoms with Gasteiger partial charge in [0.15, 0.2) is 11.5 Å². The third-order valence-electron chi connectivity index (χ3n) is 4.12. The standard InChI is InChI=1S/C14H19N5O3/c20-13(21)11-3-4-12(16-15-11)17-7-9-19(10-8-17)14(22)18-5-1-2-6-18/h3-4H,1-2,5-10H2,(H,20,21). The summed E-state index contributed by atoms with van der Waals surface area (Å²) in [6, 6.07) is 3.24. The van der Waals surface area contributed by atoms with E-state index in [2.05, 4.69) is 10.2 Å². The number of hydrogen-bond acceptors (Lipinski definition) is 5. The fourth-order valence-corrected chi connectivity index (χ4v) is 2.84. The number of likely N-dealkylation sites (tertiary alicyclic amines) is 1. The molecule has 2 aliphatic heterocycles. The van der Waals surface area contributed by atoms with Crippen molar-refractivity contribution < 1.29 is 14.7 Å². The van der Waals surface area contributed by atoms with Crippen LogP contribution in [0.25, 0.3) is 0 Å². The van der Waals surface area contributed by atoms with Crippen molar-refractivity contribution in [2.45, 2.75) is 12.8 Å². The van der Waals surface area contributed by atoms with Crippen molar-refractivity contribution in [3.05, 3.63) is 17.8 Å². The summed E-state index contributed by atoms with van der Waals surface area (Å²) < 4.78 is 0. The zero-order valence-corrected chi connectivity index (χ0v) is 12.3. The SMILES string of the molecule is O=C(O)c1ccc(N2CCN(C(=O)N3CCCC3)CC2)nn1. The summed E-state index contributed by atoms with van der Waals surface area (Å²) >= 11 is 0. The number of nitrogens with zero attached hydrogens (tertiary/aromatic N) is 5. The Balaban J connectivity index is 1.57. The number of hydrogen-bond donors (Lipinski definition) is 1. The molecule has 3 heterocycles. The molecule has 0 atom stereocenters. The maximum Gasteiger partial charge on any atom is 0.356 e. The molecule has 3 rings (SSSR count). The van der Waals surface area contributed by atoms with Crippen molar-refractivity contribution in [2.75, 3.05) is 44.2 Å². The third-order valence-corrected chi connectivity index (χ3v) is 4.12. The molecule has 1 N–H and O–H groups in total. The van der Waals surface area contributed by atoms with Crippen molar-refractivity contribution in [1.29, 1.82) is 0 Å². The number of carbonyl (C=O) groups is 2. The summed E-state index contributed by atoms with van der Waals surface area (Å²) in [6.07, 6.45) is 2.19. The van der Waals surface area contributed by atoms with Crippen LogP contribution in [-0.4, -0.2) is 76.4 Å². The van der Waals surface area contributed by atoms with Gasteiger partial charge >= 0.3 is 12.0 Å². The minimum absolute atomic E-state index is 0.0633. The van der Waals surface area contributed by atoms with Crippen LogP contribution in [0.3, 0.4) is 0 Å². The Hall–Kier alpha value is -2.38. The van der Waals surface area contributed by atoms with Gasteiger partial charge in [0.2, 0.25) is 0 Å². The number of rotatable bonds is 2. The third kappa shape index (κ3) is 2.95. The Morgan fingerprint density at radius 1 is 0.909 bits per heavy atom. The first kappa shape index (κ1) is 14.6. The van der Waals surface area contributed by atoms with Gasteiger partial charge in [-0.15, -0.1) is 10.2 Å². The summed E-state index contributed by atoms with van der Waals surface area (Å²) in [5.74, 6) is -0.432. The van der Waals surface area contributed by atoms with Crippen LogP contribution in [-0.2, 0) is 0 Å². The molecule has 0 radical (unpaired) electrons. The molecule has 0 aromatic carbocycles. The van der Waals surface area contributed by atoms with Gasteiger partial charge in [-0.25, -0.2) is 9.59 Å². The summed E-state index contributed by atoms with van der Waals surface area (Å²) in [7, 11) is 0. The van der Waals surface area contributed by atoms with E-state index in [1.165, 1.54) is 6.07 Å². The van der Waals surface area contributed by atoms with E-state index in [1.807, 2.05) is 14.7 Å². The lowest BCUT2D eigenvalue weighted by atomic mass is 10.3. The zero-order chi connectivity index (χ0) is 15.5. The number of carboxylic acids is 1. The van der Waals surface area contributed by atoms with E-state index in [-0.39, 0.29) is 11.7 Å². The molecule has 0 spiro atoms. The lowest BCUT2D eigenvalue weighted by Gasteiger charge is -2.36. The summed E-state index contributed by atoms with van der Waals surface area (Å²) in [5.41, 5.74) is -0.0633. The van der Waals surface area contributed by atoms with Crippen LogP contribution in [0.5, 0.6) is 0 Å². The number of carboxylic acid groups (broad SMARTS) is 1. The summed E-state index contributed by atoms with van der Waals surface area (Å²) in [4.78, 5) is 28.9. The highest BCUT2D eigenvalue weighted by Crippen LogP contribution is 2.16. The maximum absolute atomic E-state index is 12.3. The van der Waals surface area contributed by atoms with Gasteiger partial charge in [0, 0.05) is 39.3 Å². The predicted molar refractivity (Wildman–Crippen MR) is 79.0 cm³/mol. The average Bonchev–Trinajstić information content (AvgIpc) is 3.09. The first-order valence-corrected chi connectivity index (χ1v) is 7.51. The van der Waals surface area contributed by atoms with Crippen LogP contribution in [0.15, 0.2) is 12.1 Å². The lowest BCUT2D eigenvalue weighted by molar-refractivity contribution is 0.0689. The molecule has 2 amide bonds. The van der Waals surface area contributed by atoms with E-state index in [1.54, 1.807) is 6.07 Å². The number of urea groups is 1. The molecule has 8 nitrogen and oxygen atoms in total. The Labute approximate surface area is 128 Å². The van der Waals surface area contributed by atoms with Gasteiger partial charge in [-0.2, -0.15) is 0 Å². The lowest BCUT2D eigenvalue weighted by Crippen LogP contribution is -2.52. The van der Waals surface area contributed by atoms with Crippen molar-refractivity contribution in [1.82, 2.24) is 20.0 Å². The monoisotopic (exact) mass is 305 g/mol. The number of aromatic carboxylic acids is 1. The number of anilines is 1. The predicted octanol–water partition coefficient (Wildman–Crippen LogP) is 0.513. The highest BCUT2D eigenvalue weighted by molar-refractivity contribution is 5.85. The zero-order valence-electron chi connectivity index (χ0n) is 12.3. The summed E-state index contributed by atoms with van der Waals surface area (Å²) in [5, 5.41) is 16.5. The molecule has 0 saturated carbocycles. The highest BCUT2D eigenvalue weighted by atomic mass is 16.4. The highest BCUT2D eigenvalue weighted by Gasteiger charge is 2.27. The average molecular weight is 305 g/mol. The van der Waals surface area contributed by atoms with Crippen LogP contribution in [0.4, 0.5) is 10.6 Å². The van der Waals surface area contributed by atoms with Crippen LogP contribution in [0.2, 0.25) is 0 Å². The van der Waals surface area contributed by atoms with E-state index in [0.29, 0.717) is 32.0 Å². The quantitative estimate of drug-likeness (QED) is 0.856. The normalized spacial score (nSPS) is 18.6. The second-order valence-corrected chi connectivity index (χ2v) is 5.53. The molecule has 2 fully saturated rings. The topological polar surface area (TPSA) is 89.9 Å². The van der Waals surface area contributed by atoms with Crippen molar-refractivity contribution in [3.8, 4) is 0 Å². The van der Waals surface area contributed by atoms with Crippen LogP contribution in [0, 0.1) is 0 Å². The minimum Gasteiger partial charge on any atom is -0.476 e. The number of piperazine rings is 1.